The molecule has 0 aromatic carbocycles. The molecule has 4 nitrogen and oxygen atoms in total. The number of alkyl halides is 3. The summed E-state index contributed by atoms with van der Waals surface area (Å²) < 4.78 is 63.8. The van der Waals surface area contributed by atoms with Gasteiger partial charge >= 0.3 is 15.4 Å². The molecule has 0 rings (SSSR count). The van der Waals surface area contributed by atoms with Gasteiger partial charge in [0.2, 0.25) is 0 Å². The summed E-state index contributed by atoms with van der Waals surface area (Å²) in [6.07, 6.45) is 0.109. The Bertz CT molecular complexity index is 336. The van der Waals surface area contributed by atoms with E-state index in [0.717, 1.165) is 20.0 Å². The SMILES string of the molecule is C=CCNCC=C.CCC(F)C(F)(F)S(=O)(=O)O. The van der Waals surface area contributed by atoms with E-state index < -0.39 is 28.0 Å². The van der Waals surface area contributed by atoms with Crippen molar-refractivity contribution in [3.8, 4) is 0 Å². The van der Waals surface area contributed by atoms with E-state index in [2.05, 4.69) is 18.5 Å². The van der Waals surface area contributed by atoms with Crippen LogP contribution in [-0.4, -0.2) is 37.5 Å². The highest BCUT2D eigenvalue weighted by Gasteiger charge is 2.51. The molecule has 108 valence electrons. The van der Waals surface area contributed by atoms with E-state index in [1.807, 2.05) is 12.2 Å². The second-order valence-corrected chi connectivity index (χ2v) is 4.64. The summed E-state index contributed by atoms with van der Waals surface area (Å²) in [6.45, 7) is 9.85. The summed E-state index contributed by atoms with van der Waals surface area (Å²) in [4.78, 5) is 0. The van der Waals surface area contributed by atoms with Gasteiger partial charge in [-0.25, -0.2) is 4.39 Å². The van der Waals surface area contributed by atoms with Crippen molar-refractivity contribution >= 4 is 10.1 Å². The molecule has 0 aliphatic rings. The molecule has 0 saturated heterocycles. The number of hydrogen-bond donors (Lipinski definition) is 2. The largest absolute Gasteiger partial charge is 0.400 e. The monoisotopic (exact) mass is 289 g/mol. The van der Waals surface area contributed by atoms with Gasteiger partial charge in [-0.05, 0) is 6.42 Å². The molecular weight excluding hydrogens is 271 g/mol. The van der Waals surface area contributed by atoms with E-state index in [1.165, 1.54) is 0 Å². The first-order valence-corrected chi connectivity index (χ1v) is 6.50. The number of nitrogens with one attached hydrogen (secondary N) is 1. The molecule has 0 amide bonds. The molecule has 0 saturated carbocycles. The van der Waals surface area contributed by atoms with Gasteiger partial charge in [0.15, 0.2) is 6.17 Å². The van der Waals surface area contributed by atoms with Crippen LogP contribution in [-0.2, 0) is 10.1 Å². The third-order valence-electron chi connectivity index (χ3n) is 1.64. The minimum atomic E-state index is -5.62. The highest BCUT2D eigenvalue weighted by atomic mass is 32.2. The quantitative estimate of drug-likeness (QED) is 0.428. The number of hydrogen-bond acceptors (Lipinski definition) is 3. The number of halogens is 3. The summed E-state index contributed by atoms with van der Waals surface area (Å²) in [7, 11) is -5.62. The lowest BCUT2D eigenvalue weighted by molar-refractivity contribution is -0.00388. The van der Waals surface area contributed by atoms with Crippen LogP contribution in [0.5, 0.6) is 0 Å². The van der Waals surface area contributed by atoms with Gasteiger partial charge in [0.25, 0.3) is 0 Å². The molecule has 2 N–H and O–H groups in total. The Balaban J connectivity index is 0. The van der Waals surface area contributed by atoms with Gasteiger partial charge in [-0.1, -0.05) is 19.1 Å². The highest BCUT2D eigenvalue weighted by molar-refractivity contribution is 7.86. The van der Waals surface area contributed by atoms with Crippen molar-refractivity contribution in [1.82, 2.24) is 5.32 Å². The lowest BCUT2D eigenvalue weighted by Crippen LogP contribution is -2.38. The second-order valence-electron chi connectivity index (χ2n) is 3.15. The molecular formula is C10H18F3NO3S. The summed E-state index contributed by atoms with van der Waals surface area (Å²) in [5, 5.41) is -1.64. The van der Waals surface area contributed by atoms with Crippen LogP contribution in [0, 0.1) is 0 Å². The fourth-order valence-corrected chi connectivity index (χ4v) is 1.18. The predicted molar refractivity (Wildman–Crippen MR) is 64.9 cm³/mol. The van der Waals surface area contributed by atoms with Crippen molar-refractivity contribution in [2.75, 3.05) is 13.1 Å². The van der Waals surface area contributed by atoms with Gasteiger partial charge < -0.3 is 5.32 Å². The Morgan fingerprint density at radius 1 is 1.33 bits per heavy atom. The van der Waals surface area contributed by atoms with Gasteiger partial charge in [0.1, 0.15) is 0 Å². The average Bonchev–Trinajstić information content (AvgIpc) is 2.28. The van der Waals surface area contributed by atoms with Crippen LogP contribution in [0.1, 0.15) is 13.3 Å². The fourth-order valence-electron chi connectivity index (χ4n) is 0.687. The molecule has 0 spiro atoms. The van der Waals surface area contributed by atoms with Crippen molar-refractivity contribution in [2.45, 2.75) is 24.8 Å². The van der Waals surface area contributed by atoms with Crippen LogP contribution < -0.4 is 5.32 Å². The average molecular weight is 289 g/mol. The Hall–Kier alpha value is -0.860. The molecule has 18 heavy (non-hydrogen) atoms. The molecule has 0 heterocycles. The molecule has 1 unspecified atom stereocenters. The first kappa shape index (κ1) is 19.5. The third kappa shape index (κ3) is 7.46. The highest BCUT2D eigenvalue weighted by Crippen LogP contribution is 2.28. The standard InChI is InChI=1S/C6H11N.C4H7F3O3S/c1-3-5-7-6-4-2;1-2-3(5)4(6,7)11(8,9)10/h3-4,7H,1-2,5-6H2;3H,2H2,1H3,(H,8,9,10). The van der Waals surface area contributed by atoms with Crippen molar-refractivity contribution in [3.05, 3.63) is 25.3 Å². The van der Waals surface area contributed by atoms with Crippen LogP contribution in [0.3, 0.4) is 0 Å². The van der Waals surface area contributed by atoms with Crippen LogP contribution in [0.4, 0.5) is 13.2 Å². The summed E-state index contributed by atoms with van der Waals surface area (Å²) >= 11 is 0. The zero-order valence-corrected chi connectivity index (χ0v) is 10.9. The van der Waals surface area contributed by atoms with Crippen molar-refractivity contribution in [3.63, 3.8) is 0 Å². The van der Waals surface area contributed by atoms with Crippen LogP contribution in [0.2, 0.25) is 0 Å². The van der Waals surface area contributed by atoms with Gasteiger partial charge in [0.05, 0.1) is 0 Å². The van der Waals surface area contributed by atoms with Crippen LogP contribution in [0.15, 0.2) is 25.3 Å². The van der Waals surface area contributed by atoms with E-state index in [4.69, 9.17) is 4.55 Å². The predicted octanol–water partition coefficient (Wildman–Crippen LogP) is 2.16. The van der Waals surface area contributed by atoms with E-state index in [1.54, 1.807) is 0 Å². The summed E-state index contributed by atoms with van der Waals surface area (Å²) in [5.41, 5.74) is 0. The van der Waals surface area contributed by atoms with Gasteiger partial charge in [-0.2, -0.15) is 17.2 Å². The van der Waals surface area contributed by atoms with Crippen LogP contribution >= 0.6 is 0 Å². The van der Waals surface area contributed by atoms with E-state index in [9.17, 15) is 21.6 Å². The minimum Gasteiger partial charge on any atom is -0.310 e. The summed E-state index contributed by atoms with van der Waals surface area (Å²) in [6, 6.07) is 0. The van der Waals surface area contributed by atoms with E-state index in [-0.39, 0.29) is 0 Å². The lowest BCUT2D eigenvalue weighted by Gasteiger charge is -2.15. The van der Waals surface area contributed by atoms with Crippen LogP contribution in [0.25, 0.3) is 0 Å². The Morgan fingerprint density at radius 3 is 1.89 bits per heavy atom. The molecule has 0 radical (unpaired) electrons. The van der Waals surface area contributed by atoms with Crippen molar-refractivity contribution < 1.29 is 26.1 Å². The van der Waals surface area contributed by atoms with Gasteiger partial charge in [0, 0.05) is 13.1 Å². The molecule has 0 bridgehead atoms. The molecule has 0 fully saturated rings. The minimum absolute atomic E-state index is 0.674. The van der Waals surface area contributed by atoms with Gasteiger partial charge in [-0.15, -0.1) is 13.2 Å². The van der Waals surface area contributed by atoms with Crippen molar-refractivity contribution in [2.24, 2.45) is 0 Å². The molecule has 0 aliphatic heterocycles. The molecule has 0 aromatic heterocycles. The van der Waals surface area contributed by atoms with E-state index >= 15 is 0 Å². The zero-order chi connectivity index (χ0) is 14.8. The number of rotatable bonds is 7. The Morgan fingerprint density at radius 2 is 1.72 bits per heavy atom. The maximum atomic E-state index is 12.1. The maximum absolute atomic E-state index is 12.1. The van der Waals surface area contributed by atoms with Crippen molar-refractivity contribution in [1.29, 1.82) is 0 Å². The Kier molecular flexibility index (Phi) is 9.87. The van der Waals surface area contributed by atoms with Gasteiger partial charge in [-0.3, -0.25) is 4.55 Å². The zero-order valence-electron chi connectivity index (χ0n) is 10.1. The lowest BCUT2D eigenvalue weighted by atomic mass is 10.3. The normalized spacial score (nSPS) is 13.2. The molecule has 0 aliphatic carbocycles. The molecule has 8 heteroatoms. The molecule has 1 atom stereocenters. The smallest absolute Gasteiger partial charge is 0.310 e. The Labute approximate surface area is 105 Å². The summed E-state index contributed by atoms with van der Waals surface area (Å²) in [5.74, 6) is 0. The molecule has 0 aromatic rings. The maximum Gasteiger partial charge on any atom is 0.400 e. The van der Waals surface area contributed by atoms with E-state index in [0.29, 0.717) is 0 Å². The fraction of sp³-hybridized carbons (Fsp3) is 0.600. The second kappa shape index (κ2) is 9.12. The first-order chi connectivity index (χ1) is 8.15. The third-order valence-corrected chi connectivity index (χ3v) is 2.59. The topological polar surface area (TPSA) is 66.4 Å². The first-order valence-electron chi connectivity index (χ1n) is 5.06.